The number of carbonyl (C=O) groups excluding carboxylic acids is 1. The Morgan fingerprint density at radius 3 is 2.75 bits per heavy atom. The van der Waals surface area contributed by atoms with Gasteiger partial charge in [0.05, 0.1) is 24.4 Å². The van der Waals surface area contributed by atoms with Gasteiger partial charge in [-0.3, -0.25) is 4.68 Å². The standard InChI is InChI=1S/C14H16ClN3O2/c1-2-20-14(19)11-8-17-18(9-11)13(7-16)10-3-5-12(15)6-4-10/h3-6,8-9,13H,2,7,16H2,1H3. The van der Waals surface area contributed by atoms with Crippen molar-refractivity contribution < 1.29 is 9.53 Å². The van der Waals surface area contributed by atoms with Crippen molar-refractivity contribution in [3.05, 3.63) is 52.8 Å². The van der Waals surface area contributed by atoms with E-state index in [0.717, 1.165) is 5.56 Å². The molecule has 0 radical (unpaired) electrons. The minimum Gasteiger partial charge on any atom is -0.462 e. The summed E-state index contributed by atoms with van der Waals surface area (Å²) in [6.07, 6.45) is 3.13. The number of ether oxygens (including phenoxy) is 1. The first-order valence-corrected chi connectivity index (χ1v) is 6.70. The molecule has 2 aromatic rings. The molecule has 0 saturated carbocycles. The molecule has 0 bridgehead atoms. The molecule has 0 saturated heterocycles. The fraction of sp³-hybridized carbons (Fsp3) is 0.286. The molecule has 0 aliphatic carbocycles. The second-order valence-electron chi connectivity index (χ2n) is 4.23. The summed E-state index contributed by atoms with van der Waals surface area (Å²) in [5, 5.41) is 4.86. The van der Waals surface area contributed by atoms with E-state index < -0.39 is 0 Å². The van der Waals surface area contributed by atoms with E-state index in [1.807, 2.05) is 12.1 Å². The van der Waals surface area contributed by atoms with E-state index in [9.17, 15) is 4.79 Å². The first-order valence-electron chi connectivity index (χ1n) is 6.32. The van der Waals surface area contributed by atoms with E-state index in [4.69, 9.17) is 22.1 Å². The summed E-state index contributed by atoms with van der Waals surface area (Å²) in [6.45, 7) is 2.46. The summed E-state index contributed by atoms with van der Waals surface area (Å²) in [5.41, 5.74) is 7.21. The lowest BCUT2D eigenvalue weighted by molar-refractivity contribution is 0.0526. The number of benzene rings is 1. The SMILES string of the molecule is CCOC(=O)c1cnn(C(CN)c2ccc(Cl)cc2)c1. The third kappa shape index (κ3) is 3.18. The van der Waals surface area contributed by atoms with Crippen LogP contribution in [0.3, 0.4) is 0 Å². The Bertz CT molecular complexity index is 580. The minimum atomic E-state index is -0.384. The Hall–Kier alpha value is -1.85. The highest BCUT2D eigenvalue weighted by Gasteiger charge is 2.16. The summed E-state index contributed by atoms with van der Waals surface area (Å²) in [7, 11) is 0. The maximum absolute atomic E-state index is 11.6. The number of nitrogens with two attached hydrogens (primary N) is 1. The van der Waals surface area contributed by atoms with Gasteiger partial charge in [0.1, 0.15) is 0 Å². The second kappa shape index (κ2) is 6.54. The predicted molar refractivity (Wildman–Crippen MR) is 76.8 cm³/mol. The number of carbonyl (C=O) groups is 1. The van der Waals surface area contributed by atoms with Crippen LogP contribution in [0.4, 0.5) is 0 Å². The Kier molecular flexibility index (Phi) is 4.76. The van der Waals surface area contributed by atoms with Gasteiger partial charge in [-0.25, -0.2) is 4.79 Å². The molecular formula is C14H16ClN3O2. The van der Waals surface area contributed by atoms with E-state index >= 15 is 0 Å². The van der Waals surface area contributed by atoms with E-state index in [-0.39, 0.29) is 12.0 Å². The molecule has 1 aromatic heterocycles. The minimum absolute atomic E-state index is 0.143. The van der Waals surface area contributed by atoms with Crippen LogP contribution >= 0.6 is 11.6 Å². The van der Waals surface area contributed by atoms with E-state index in [1.165, 1.54) is 6.20 Å². The van der Waals surface area contributed by atoms with Crippen LogP contribution in [-0.4, -0.2) is 28.9 Å². The fourth-order valence-electron chi connectivity index (χ4n) is 1.91. The van der Waals surface area contributed by atoms with Gasteiger partial charge in [0, 0.05) is 17.8 Å². The molecule has 0 spiro atoms. The molecule has 2 rings (SSSR count). The number of esters is 1. The van der Waals surface area contributed by atoms with Gasteiger partial charge < -0.3 is 10.5 Å². The molecule has 1 heterocycles. The lowest BCUT2D eigenvalue weighted by Crippen LogP contribution is -2.20. The highest BCUT2D eigenvalue weighted by molar-refractivity contribution is 6.30. The molecule has 6 heteroatoms. The van der Waals surface area contributed by atoms with Crippen molar-refractivity contribution in [1.29, 1.82) is 0 Å². The maximum Gasteiger partial charge on any atom is 0.341 e. The highest BCUT2D eigenvalue weighted by atomic mass is 35.5. The van der Waals surface area contributed by atoms with Gasteiger partial charge in [-0.05, 0) is 24.6 Å². The zero-order chi connectivity index (χ0) is 14.5. The summed E-state index contributed by atoms with van der Waals surface area (Å²) < 4.78 is 6.60. The van der Waals surface area contributed by atoms with Crippen LogP contribution < -0.4 is 5.73 Å². The molecule has 20 heavy (non-hydrogen) atoms. The third-order valence-electron chi connectivity index (χ3n) is 2.91. The van der Waals surface area contributed by atoms with Crippen LogP contribution in [0.1, 0.15) is 28.9 Å². The number of hydrogen-bond donors (Lipinski definition) is 1. The molecule has 1 atom stereocenters. The summed E-state index contributed by atoms with van der Waals surface area (Å²) >= 11 is 5.87. The number of hydrogen-bond acceptors (Lipinski definition) is 4. The van der Waals surface area contributed by atoms with Crippen molar-refractivity contribution in [3.8, 4) is 0 Å². The average Bonchev–Trinajstić information content (AvgIpc) is 2.92. The van der Waals surface area contributed by atoms with E-state index in [1.54, 1.807) is 29.9 Å². The zero-order valence-electron chi connectivity index (χ0n) is 11.1. The molecule has 2 N–H and O–H groups in total. The first-order chi connectivity index (χ1) is 9.65. The molecule has 1 aromatic carbocycles. The number of halogens is 1. The highest BCUT2D eigenvalue weighted by Crippen LogP contribution is 2.19. The quantitative estimate of drug-likeness (QED) is 0.859. The van der Waals surface area contributed by atoms with Crippen LogP contribution in [0, 0.1) is 0 Å². The Morgan fingerprint density at radius 1 is 1.45 bits per heavy atom. The molecule has 0 amide bonds. The van der Waals surface area contributed by atoms with Crippen LogP contribution in [0.15, 0.2) is 36.7 Å². The average molecular weight is 294 g/mol. The molecule has 1 unspecified atom stereocenters. The second-order valence-corrected chi connectivity index (χ2v) is 4.67. The van der Waals surface area contributed by atoms with Crippen LogP contribution in [0.25, 0.3) is 0 Å². The van der Waals surface area contributed by atoms with Crippen LogP contribution in [0.5, 0.6) is 0 Å². The van der Waals surface area contributed by atoms with Gasteiger partial charge in [-0.1, -0.05) is 23.7 Å². The van der Waals surface area contributed by atoms with Crippen LogP contribution in [-0.2, 0) is 4.74 Å². The van der Waals surface area contributed by atoms with Gasteiger partial charge in [-0.2, -0.15) is 5.10 Å². The molecular weight excluding hydrogens is 278 g/mol. The van der Waals surface area contributed by atoms with Crippen molar-refractivity contribution >= 4 is 17.6 Å². The van der Waals surface area contributed by atoms with E-state index in [2.05, 4.69) is 5.10 Å². The zero-order valence-corrected chi connectivity index (χ0v) is 11.9. The Labute approximate surface area is 122 Å². The summed E-state index contributed by atoms with van der Waals surface area (Å²) in [5.74, 6) is -0.384. The van der Waals surface area contributed by atoms with Gasteiger partial charge in [0.15, 0.2) is 0 Å². The molecule has 0 aliphatic heterocycles. The molecule has 106 valence electrons. The van der Waals surface area contributed by atoms with Crippen molar-refractivity contribution in [2.45, 2.75) is 13.0 Å². The molecule has 5 nitrogen and oxygen atoms in total. The Morgan fingerprint density at radius 2 is 2.15 bits per heavy atom. The number of rotatable bonds is 5. The molecule has 0 aliphatic rings. The third-order valence-corrected chi connectivity index (χ3v) is 3.16. The van der Waals surface area contributed by atoms with Crippen LogP contribution in [0.2, 0.25) is 5.02 Å². The van der Waals surface area contributed by atoms with Crippen molar-refractivity contribution in [1.82, 2.24) is 9.78 Å². The smallest absolute Gasteiger partial charge is 0.341 e. The summed E-state index contributed by atoms with van der Waals surface area (Å²) in [6, 6.07) is 7.25. The maximum atomic E-state index is 11.6. The van der Waals surface area contributed by atoms with Gasteiger partial charge in [0.2, 0.25) is 0 Å². The normalized spacial score (nSPS) is 12.2. The summed E-state index contributed by atoms with van der Waals surface area (Å²) in [4.78, 5) is 11.6. The largest absolute Gasteiger partial charge is 0.462 e. The first kappa shape index (κ1) is 14.6. The van der Waals surface area contributed by atoms with Gasteiger partial charge in [-0.15, -0.1) is 0 Å². The Balaban J connectivity index is 2.24. The number of aromatic nitrogens is 2. The van der Waals surface area contributed by atoms with Gasteiger partial charge in [0.25, 0.3) is 0 Å². The van der Waals surface area contributed by atoms with E-state index in [0.29, 0.717) is 23.7 Å². The molecule has 0 fully saturated rings. The lowest BCUT2D eigenvalue weighted by atomic mass is 10.1. The predicted octanol–water partition coefficient (Wildman–Crippen LogP) is 2.26. The van der Waals surface area contributed by atoms with Crippen molar-refractivity contribution in [2.24, 2.45) is 5.73 Å². The van der Waals surface area contributed by atoms with Crippen molar-refractivity contribution in [2.75, 3.05) is 13.2 Å². The van der Waals surface area contributed by atoms with Gasteiger partial charge >= 0.3 is 5.97 Å². The lowest BCUT2D eigenvalue weighted by Gasteiger charge is -2.15. The number of nitrogens with zero attached hydrogens (tertiary/aromatic N) is 2. The fourth-order valence-corrected chi connectivity index (χ4v) is 2.04. The topological polar surface area (TPSA) is 70.1 Å². The monoisotopic (exact) mass is 293 g/mol. The van der Waals surface area contributed by atoms with Crippen molar-refractivity contribution in [3.63, 3.8) is 0 Å².